The van der Waals surface area contributed by atoms with Crippen molar-refractivity contribution in [3.63, 3.8) is 0 Å². The van der Waals surface area contributed by atoms with Gasteiger partial charge in [-0.15, -0.1) is 0 Å². The molecule has 2 heterocycles. The van der Waals surface area contributed by atoms with Gasteiger partial charge in [-0.05, 0) is 72.4 Å². The van der Waals surface area contributed by atoms with Crippen molar-refractivity contribution < 1.29 is 0 Å². The third-order valence-corrected chi connectivity index (χ3v) is 7.63. The number of nitrogens with one attached hydrogen (secondary N) is 1. The van der Waals surface area contributed by atoms with Gasteiger partial charge in [0.1, 0.15) is 5.82 Å². The number of benzene rings is 5. The van der Waals surface area contributed by atoms with E-state index in [1.54, 1.807) is 12.3 Å². The zero-order valence-electron chi connectivity index (χ0n) is 23.0. The molecule has 0 saturated carbocycles. The highest BCUT2D eigenvalue weighted by molar-refractivity contribution is 6.24. The highest BCUT2D eigenvalue weighted by Crippen LogP contribution is 2.44. The van der Waals surface area contributed by atoms with Crippen molar-refractivity contribution in [2.45, 2.75) is 6.54 Å². The Hall–Kier alpha value is -5.75. The molecule has 0 aliphatic carbocycles. The molecule has 6 nitrogen and oxygen atoms in total. The minimum atomic E-state index is 0.597. The molecule has 42 heavy (non-hydrogen) atoms. The Labute approximate surface area is 243 Å². The summed E-state index contributed by atoms with van der Waals surface area (Å²) in [5.41, 5.74) is 20.8. The molecule has 0 atom stereocenters. The van der Waals surface area contributed by atoms with Gasteiger partial charge < -0.3 is 21.4 Å². The van der Waals surface area contributed by atoms with Gasteiger partial charge in [0.25, 0.3) is 0 Å². The van der Waals surface area contributed by atoms with Crippen LogP contribution in [0.2, 0.25) is 0 Å². The zero-order chi connectivity index (χ0) is 28.5. The SMILES string of the molecule is N/C=C\C=NCc1ccc(-n2c3ccccc3c3c4c(ccc32)c(Nc2ccccc2)c(N)n4-c2ccccc2)cc1. The minimum absolute atomic E-state index is 0.597. The van der Waals surface area contributed by atoms with Crippen molar-refractivity contribution in [3.8, 4) is 11.4 Å². The van der Waals surface area contributed by atoms with Gasteiger partial charge in [0.05, 0.1) is 28.8 Å². The average Bonchev–Trinajstić information content (AvgIpc) is 3.52. The lowest BCUT2D eigenvalue weighted by Gasteiger charge is -2.10. The molecule has 0 amide bonds. The molecule has 7 aromatic rings. The summed E-state index contributed by atoms with van der Waals surface area (Å²) in [5.74, 6) is 0.666. The lowest BCUT2D eigenvalue weighted by atomic mass is 10.1. The Balaban J connectivity index is 1.49. The molecule has 0 aliphatic rings. The minimum Gasteiger partial charge on any atom is -0.405 e. The number of para-hydroxylation sites is 3. The maximum atomic E-state index is 7.00. The summed E-state index contributed by atoms with van der Waals surface area (Å²) in [6.07, 6.45) is 4.93. The molecule has 7 rings (SSSR count). The van der Waals surface area contributed by atoms with Gasteiger partial charge >= 0.3 is 0 Å². The number of nitrogens with zero attached hydrogens (tertiary/aromatic N) is 3. The second-order valence-corrected chi connectivity index (χ2v) is 10.2. The van der Waals surface area contributed by atoms with Gasteiger partial charge in [0, 0.05) is 39.4 Å². The second kappa shape index (κ2) is 10.7. The monoisotopic (exact) mass is 546 g/mol. The van der Waals surface area contributed by atoms with Crippen molar-refractivity contribution >= 4 is 56.1 Å². The predicted molar refractivity (Wildman–Crippen MR) is 177 cm³/mol. The summed E-state index contributed by atoms with van der Waals surface area (Å²) in [6, 6.07) is 42.0. The predicted octanol–water partition coefficient (Wildman–Crippen LogP) is 8.10. The van der Waals surface area contributed by atoms with Crippen LogP contribution in [0, 0.1) is 0 Å². The Morgan fingerprint density at radius 2 is 1.36 bits per heavy atom. The first-order chi connectivity index (χ1) is 20.7. The van der Waals surface area contributed by atoms with Crippen LogP contribution in [0.5, 0.6) is 0 Å². The number of allylic oxidation sites excluding steroid dienone is 1. The summed E-state index contributed by atoms with van der Waals surface area (Å²) >= 11 is 0. The summed E-state index contributed by atoms with van der Waals surface area (Å²) in [7, 11) is 0. The molecule has 5 N–H and O–H groups in total. The van der Waals surface area contributed by atoms with Crippen molar-refractivity contribution in [3.05, 3.63) is 139 Å². The van der Waals surface area contributed by atoms with Gasteiger partial charge in [-0.3, -0.25) is 9.56 Å². The number of aliphatic imine (C=N–C) groups is 1. The Morgan fingerprint density at radius 3 is 2.12 bits per heavy atom. The van der Waals surface area contributed by atoms with E-state index in [2.05, 4.69) is 104 Å². The molecule has 6 heteroatoms. The molecule has 0 aliphatic heterocycles. The molecular weight excluding hydrogens is 516 g/mol. The van der Waals surface area contributed by atoms with Gasteiger partial charge in [0.15, 0.2) is 0 Å². The molecule has 0 unspecified atom stereocenters. The largest absolute Gasteiger partial charge is 0.405 e. The fraction of sp³-hybridized carbons (Fsp3) is 0.0278. The first kappa shape index (κ1) is 25.2. The van der Waals surface area contributed by atoms with Crippen LogP contribution in [0.25, 0.3) is 44.1 Å². The van der Waals surface area contributed by atoms with Crippen LogP contribution in [0.4, 0.5) is 17.2 Å². The number of fused-ring (bicyclic) bond motifs is 5. The molecule has 2 aromatic heterocycles. The topological polar surface area (TPSA) is 86.3 Å². The van der Waals surface area contributed by atoms with Gasteiger partial charge in [-0.2, -0.15) is 0 Å². The molecule has 204 valence electrons. The van der Waals surface area contributed by atoms with E-state index in [0.717, 1.165) is 55.6 Å². The summed E-state index contributed by atoms with van der Waals surface area (Å²) in [4.78, 5) is 4.42. The van der Waals surface area contributed by atoms with Crippen LogP contribution < -0.4 is 16.8 Å². The van der Waals surface area contributed by atoms with E-state index in [0.29, 0.717) is 12.4 Å². The van der Waals surface area contributed by atoms with E-state index < -0.39 is 0 Å². The number of anilines is 3. The van der Waals surface area contributed by atoms with E-state index in [1.165, 1.54) is 11.6 Å². The van der Waals surface area contributed by atoms with Crippen LogP contribution in [0.3, 0.4) is 0 Å². The van der Waals surface area contributed by atoms with Crippen LogP contribution >= 0.6 is 0 Å². The van der Waals surface area contributed by atoms with E-state index in [4.69, 9.17) is 11.5 Å². The fourth-order valence-electron chi connectivity index (χ4n) is 5.79. The Morgan fingerprint density at radius 1 is 0.667 bits per heavy atom. The number of nitrogens with two attached hydrogens (primary N) is 2. The second-order valence-electron chi connectivity index (χ2n) is 10.2. The number of hydrogen-bond donors (Lipinski definition) is 3. The molecule has 0 spiro atoms. The van der Waals surface area contributed by atoms with Crippen molar-refractivity contribution in [2.24, 2.45) is 10.7 Å². The van der Waals surface area contributed by atoms with E-state index in [-0.39, 0.29) is 0 Å². The lowest BCUT2D eigenvalue weighted by Crippen LogP contribution is -2.02. The Kier molecular flexibility index (Phi) is 6.41. The summed E-state index contributed by atoms with van der Waals surface area (Å²) < 4.78 is 4.51. The standard InChI is InChI=1S/C36H30N6/c37-22-9-23-39-24-25-16-18-28(19-17-25)41-31-15-8-7-14-29(31)33-32(41)21-20-30-34(40-26-10-3-1-4-11-26)36(38)42(35(30)33)27-12-5-2-6-13-27/h1-23,40H,24,37-38H2/b22-9-,39-23?. The molecule has 0 bridgehead atoms. The first-order valence-corrected chi connectivity index (χ1v) is 13.9. The maximum absolute atomic E-state index is 7.00. The average molecular weight is 547 g/mol. The van der Waals surface area contributed by atoms with Gasteiger partial charge in [-0.25, -0.2) is 0 Å². The Bertz CT molecular complexity index is 2080. The summed E-state index contributed by atoms with van der Waals surface area (Å²) in [5, 5.41) is 7.00. The van der Waals surface area contributed by atoms with Crippen LogP contribution in [-0.2, 0) is 6.54 Å². The smallest absolute Gasteiger partial charge is 0.133 e. The molecule has 0 saturated heterocycles. The highest BCUT2D eigenvalue weighted by atomic mass is 15.1. The highest BCUT2D eigenvalue weighted by Gasteiger charge is 2.23. The van der Waals surface area contributed by atoms with Crippen molar-refractivity contribution in [2.75, 3.05) is 11.1 Å². The van der Waals surface area contributed by atoms with Crippen LogP contribution in [-0.4, -0.2) is 15.3 Å². The molecular formula is C36H30N6. The normalized spacial score (nSPS) is 11.9. The van der Waals surface area contributed by atoms with E-state index in [1.807, 2.05) is 36.4 Å². The number of rotatable bonds is 7. The summed E-state index contributed by atoms with van der Waals surface area (Å²) in [6.45, 7) is 0.597. The quantitative estimate of drug-likeness (QED) is 0.177. The maximum Gasteiger partial charge on any atom is 0.133 e. The third kappa shape index (κ3) is 4.26. The van der Waals surface area contributed by atoms with Crippen LogP contribution in [0.1, 0.15) is 5.56 Å². The van der Waals surface area contributed by atoms with E-state index in [9.17, 15) is 0 Å². The van der Waals surface area contributed by atoms with Gasteiger partial charge in [0.2, 0.25) is 0 Å². The molecule has 5 aromatic carbocycles. The number of hydrogen-bond acceptors (Lipinski definition) is 4. The fourth-order valence-corrected chi connectivity index (χ4v) is 5.79. The van der Waals surface area contributed by atoms with Crippen molar-refractivity contribution in [1.29, 1.82) is 0 Å². The molecule has 0 radical (unpaired) electrons. The molecule has 0 fully saturated rings. The third-order valence-electron chi connectivity index (χ3n) is 7.63. The van der Waals surface area contributed by atoms with Crippen LogP contribution in [0.15, 0.2) is 139 Å². The van der Waals surface area contributed by atoms with Gasteiger partial charge in [-0.1, -0.05) is 66.7 Å². The first-order valence-electron chi connectivity index (χ1n) is 13.9. The zero-order valence-corrected chi connectivity index (χ0v) is 23.0. The van der Waals surface area contributed by atoms with Crippen molar-refractivity contribution in [1.82, 2.24) is 9.13 Å². The van der Waals surface area contributed by atoms with E-state index >= 15 is 0 Å². The lowest BCUT2D eigenvalue weighted by molar-refractivity contribution is 1.07. The number of nitrogen functional groups attached to an aromatic ring is 1. The number of aromatic nitrogens is 2.